The number of rotatable bonds is 4. The fourth-order valence-electron chi connectivity index (χ4n) is 1.08. The van der Waals surface area contributed by atoms with E-state index in [1.54, 1.807) is 17.9 Å². The van der Waals surface area contributed by atoms with Gasteiger partial charge in [0.2, 0.25) is 5.91 Å². The molecule has 0 saturated heterocycles. The molecule has 0 saturated carbocycles. The molecule has 1 aromatic heterocycles. The molecule has 0 spiro atoms. The number of aromatic nitrogens is 2. The van der Waals surface area contributed by atoms with Crippen molar-refractivity contribution in [2.24, 2.45) is 0 Å². The normalized spacial score (nSPS) is 10.3. The summed E-state index contributed by atoms with van der Waals surface area (Å²) in [4.78, 5) is 11.0. The second-order valence-electron chi connectivity index (χ2n) is 3.40. The Hall–Kier alpha value is -1.52. The van der Waals surface area contributed by atoms with Gasteiger partial charge in [0, 0.05) is 19.3 Å². The van der Waals surface area contributed by atoms with Gasteiger partial charge in [-0.1, -0.05) is 0 Å². The van der Waals surface area contributed by atoms with Crippen LogP contribution >= 0.6 is 0 Å². The van der Waals surface area contributed by atoms with Gasteiger partial charge < -0.3 is 10.6 Å². The molecule has 5 nitrogen and oxygen atoms in total. The standard InChI is InChI=1S/C9H16N4O/c1-7(2)12-8-4-11-13(5-8)6-9(14)10-3/h4-5,7,12H,6H2,1-3H3,(H,10,14). The summed E-state index contributed by atoms with van der Waals surface area (Å²) >= 11 is 0. The second kappa shape index (κ2) is 4.64. The van der Waals surface area contributed by atoms with Crippen LogP contribution in [0.4, 0.5) is 5.69 Å². The molecule has 0 fully saturated rings. The average Bonchev–Trinajstić information content (AvgIpc) is 2.51. The maximum Gasteiger partial charge on any atom is 0.241 e. The minimum atomic E-state index is -0.0517. The van der Waals surface area contributed by atoms with Crippen LogP contribution in [0.25, 0.3) is 0 Å². The van der Waals surface area contributed by atoms with E-state index in [0.29, 0.717) is 6.04 Å². The van der Waals surface area contributed by atoms with Crippen molar-refractivity contribution in [3.63, 3.8) is 0 Å². The zero-order chi connectivity index (χ0) is 10.6. The predicted molar refractivity (Wildman–Crippen MR) is 55.1 cm³/mol. The van der Waals surface area contributed by atoms with Crippen molar-refractivity contribution in [3.05, 3.63) is 12.4 Å². The maximum atomic E-state index is 11.0. The van der Waals surface area contributed by atoms with Crippen molar-refractivity contribution in [2.45, 2.75) is 26.4 Å². The summed E-state index contributed by atoms with van der Waals surface area (Å²) in [5, 5.41) is 9.80. The Morgan fingerprint density at radius 2 is 2.36 bits per heavy atom. The van der Waals surface area contributed by atoms with E-state index in [2.05, 4.69) is 29.6 Å². The molecule has 1 aromatic rings. The molecule has 0 aromatic carbocycles. The van der Waals surface area contributed by atoms with Gasteiger partial charge in [0.25, 0.3) is 0 Å². The van der Waals surface area contributed by atoms with Gasteiger partial charge in [-0.2, -0.15) is 5.10 Å². The Bertz CT molecular complexity index is 306. The Balaban J connectivity index is 2.55. The van der Waals surface area contributed by atoms with Crippen LogP contribution in [-0.2, 0) is 11.3 Å². The Morgan fingerprint density at radius 3 is 2.93 bits per heavy atom. The molecule has 5 heteroatoms. The van der Waals surface area contributed by atoms with Crippen LogP contribution in [0.15, 0.2) is 12.4 Å². The predicted octanol–water partition coefficient (Wildman–Crippen LogP) is 0.449. The Kier molecular flexibility index (Phi) is 3.50. The Morgan fingerprint density at radius 1 is 1.64 bits per heavy atom. The third kappa shape index (κ3) is 3.08. The number of carbonyl (C=O) groups excluding carboxylic acids is 1. The molecule has 0 aliphatic carbocycles. The molecule has 1 amide bonds. The van der Waals surface area contributed by atoms with E-state index in [-0.39, 0.29) is 12.5 Å². The van der Waals surface area contributed by atoms with Crippen LogP contribution < -0.4 is 10.6 Å². The smallest absolute Gasteiger partial charge is 0.241 e. The first-order valence-corrected chi connectivity index (χ1v) is 4.61. The van der Waals surface area contributed by atoms with Gasteiger partial charge >= 0.3 is 0 Å². The lowest BCUT2D eigenvalue weighted by Gasteiger charge is -2.05. The number of anilines is 1. The molecular formula is C9H16N4O. The zero-order valence-electron chi connectivity index (χ0n) is 8.74. The van der Waals surface area contributed by atoms with Crippen LogP contribution in [0.2, 0.25) is 0 Å². The lowest BCUT2D eigenvalue weighted by atomic mass is 10.4. The first kappa shape index (κ1) is 10.6. The first-order chi connectivity index (χ1) is 6.61. The van der Waals surface area contributed by atoms with E-state index in [9.17, 15) is 4.79 Å². The van der Waals surface area contributed by atoms with Gasteiger partial charge in [0.05, 0.1) is 11.9 Å². The largest absolute Gasteiger partial charge is 0.380 e. The number of nitrogens with one attached hydrogen (secondary N) is 2. The van der Waals surface area contributed by atoms with Gasteiger partial charge in [-0.25, -0.2) is 0 Å². The monoisotopic (exact) mass is 196 g/mol. The van der Waals surface area contributed by atoms with E-state index in [4.69, 9.17) is 0 Å². The van der Waals surface area contributed by atoms with Crippen molar-refractivity contribution in [1.82, 2.24) is 15.1 Å². The number of carbonyl (C=O) groups is 1. The average molecular weight is 196 g/mol. The van der Waals surface area contributed by atoms with E-state index < -0.39 is 0 Å². The fraction of sp³-hybridized carbons (Fsp3) is 0.556. The lowest BCUT2D eigenvalue weighted by molar-refractivity contribution is -0.121. The molecular weight excluding hydrogens is 180 g/mol. The topological polar surface area (TPSA) is 59.0 Å². The van der Waals surface area contributed by atoms with Gasteiger partial charge in [-0.15, -0.1) is 0 Å². The minimum Gasteiger partial charge on any atom is -0.380 e. The summed E-state index contributed by atoms with van der Waals surface area (Å²) in [7, 11) is 1.61. The van der Waals surface area contributed by atoms with Crippen LogP contribution in [0.1, 0.15) is 13.8 Å². The van der Waals surface area contributed by atoms with Crippen molar-refractivity contribution < 1.29 is 4.79 Å². The van der Waals surface area contributed by atoms with Crippen LogP contribution in [0.3, 0.4) is 0 Å². The van der Waals surface area contributed by atoms with Gasteiger partial charge in [-0.05, 0) is 13.8 Å². The van der Waals surface area contributed by atoms with E-state index >= 15 is 0 Å². The van der Waals surface area contributed by atoms with Gasteiger partial charge in [0.1, 0.15) is 6.54 Å². The molecule has 0 unspecified atom stereocenters. The molecule has 2 N–H and O–H groups in total. The maximum absolute atomic E-state index is 11.0. The third-order valence-electron chi connectivity index (χ3n) is 1.67. The summed E-state index contributed by atoms with van der Waals surface area (Å²) in [5.74, 6) is -0.0517. The number of hydrogen-bond donors (Lipinski definition) is 2. The van der Waals surface area contributed by atoms with Gasteiger partial charge in [-0.3, -0.25) is 9.48 Å². The molecule has 0 radical (unpaired) electrons. The SMILES string of the molecule is CNC(=O)Cn1cc(NC(C)C)cn1. The molecule has 0 aliphatic rings. The zero-order valence-corrected chi connectivity index (χ0v) is 8.74. The van der Waals surface area contributed by atoms with Crippen LogP contribution in [-0.4, -0.2) is 28.8 Å². The fourth-order valence-corrected chi connectivity index (χ4v) is 1.08. The lowest BCUT2D eigenvalue weighted by Crippen LogP contribution is -2.23. The van der Waals surface area contributed by atoms with E-state index in [1.807, 2.05) is 6.20 Å². The minimum absolute atomic E-state index is 0.0517. The quantitative estimate of drug-likeness (QED) is 0.735. The molecule has 14 heavy (non-hydrogen) atoms. The van der Waals surface area contributed by atoms with Gasteiger partial charge in [0.15, 0.2) is 0 Å². The summed E-state index contributed by atoms with van der Waals surface area (Å²) in [6.45, 7) is 4.36. The third-order valence-corrected chi connectivity index (χ3v) is 1.67. The summed E-state index contributed by atoms with van der Waals surface area (Å²) in [6, 6.07) is 0.368. The Labute approximate surface area is 83.5 Å². The van der Waals surface area contributed by atoms with Crippen LogP contribution in [0.5, 0.6) is 0 Å². The highest BCUT2D eigenvalue weighted by atomic mass is 16.1. The van der Waals surface area contributed by atoms with Crippen molar-refractivity contribution in [1.29, 1.82) is 0 Å². The van der Waals surface area contributed by atoms with Crippen molar-refractivity contribution >= 4 is 11.6 Å². The molecule has 0 aliphatic heterocycles. The van der Waals surface area contributed by atoms with E-state index in [1.165, 1.54) is 0 Å². The summed E-state index contributed by atoms with van der Waals surface area (Å²) in [5.41, 5.74) is 0.934. The molecule has 78 valence electrons. The highest BCUT2D eigenvalue weighted by Crippen LogP contribution is 2.05. The van der Waals surface area contributed by atoms with Crippen molar-refractivity contribution in [2.75, 3.05) is 12.4 Å². The highest BCUT2D eigenvalue weighted by Gasteiger charge is 2.02. The van der Waals surface area contributed by atoms with E-state index in [0.717, 1.165) is 5.69 Å². The number of likely N-dealkylation sites (N-methyl/N-ethyl adjacent to an activating group) is 1. The second-order valence-corrected chi connectivity index (χ2v) is 3.40. The van der Waals surface area contributed by atoms with Crippen LogP contribution in [0, 0.1) is 0 Å². The summed E-state index contributed by atoms with van der Waals surface area (Å²) in [6.07, 6.45) is 3.53. The number of nitrogens with zero attached hydrogens (tertiary/aromatic N) is 2. The highest BCUT2D eigenvalue weighted by molar-refractivity contribution is 5.75. The molecule has 1 heterocycles. The molecule has 1 rings (SSSR count). The van der Waals surface area contributed by atoms with Crippen molar-refractivity contribution in [3.8, 4) is 0 Å². The summed E-state index contributed by atoms with van der Waals surface area (Å²) < 4.78 is 1.60. The molecule has 0 atom stereocenters. The number of hydrogen-bond acceptors (Lipinski definition) is 3. The molecule has 0 bridgehead atoms. The number of amides is 1. The first-order valence-electron chi connectivity index (χ1n) is 4.61.